The SMILES string of the molecule is CN(C)c1ccc([C@H](N2CCNCC2)C(F)(F)F)c(Cl)c1. The van der Waals surface area contributed by atoms with Gasteiger partial charge in [-0.05, 0) is 17.7 Å². The van der Waals surface area contributed by atoms with E-state index >= 15 is 0 Å². The lowest BCUT2D eigenvalue weighted by molar-refractivity contribution is -0.187. The highest BCUT2D eigenvalue weighted by molar-refractivity contribution is 6.31. The van der Waals surface area contributed by atoms with Gasteiger partial charge in [0.15, 0.2) is 0 Å². The molecule has 0 amide bonds. The zero-order valence-corrected chi connectivity index (χ0v) is 12.8. The van der Waals surface area contributed by atoms with Crippen LogP contribution >= 0.6 is 11.6 Å². The molecule has 0 radical (unpaired) electrons. The van der Waals surface area contributed by atoms with Gasteiger partial charge in [0, 0.05) is 51.0 Å². The number of nitrogens with zero attached hydrogens (tertiary/aromatic N) is 2. The smallest absolute Gasteiger partial charge is 0.378 e. The Labute approximate surface area is 127 Å². The number of benzene rings is 1. The van der Waals surface area contributed by atoms with Crippen LogP contribution in [-0.2, 0) is 0 Å². The second-order valence-electron chi connectivity index (χ2n) is 5.33. The largest absolute Gasteiger partial charge is 0.408 e. The van der Waals surface area contributed by atoms with Gasteiger partial charge >= 0.3 is 6.18 Å². The van der Waals surface area contributed by atoms with Gasteiger partial charge in [-0.1, -0.05) is 17.7 Å². The Morgan fingerprint density at radius 2 is 1.86 bits per heavy atom. The molecule has 0 aliphatic carbocycles. The third kappa shape index (κ3) is 3.81. The number of halogens is 4. The molecule has 0 aromatic heterocycles. The first-order valence-corrected chi connectivity index (χ1v) is 7.17. The highest BCUT2D eigenvalue weighted by atomic mass is 35.5. The van der Waals surface area contributed by atoms with Crippen molar-refractivity contribution in [3.05, 3.63) is 28.8 Å². The van der Waals surface area contributed by atoms with Crippen molar-refractivity contribution in [3.8, 4) is 0 Å². The van der Waals surface area contributed by atoms with Crippen LogP contribution in [0.2, 0.25) is 5.02 Å². The maximum Gasteiger partial charge on any atom is 0.408 e. The van der Waals surface area contributed by atoms with Gasteiger partial charge in [-0.3, -0.25) is 4.90 Å². The summed E-state index contributed by atoms with van der Waals surface area (Å²) in [5, 5.41) is 3.22. The van der Waals surface area contributed by atoms with Crippen molar-refractivity contribution in [1.29, 1.82) is 0 Å². The predicted octanol–water partition coefficient (Wildman–Crippen LogP) is 2.91. The van der Waals surface area contributed by atoms with E-state index in [4.69, 9.17) is 11.6 Å². The van der Waals surface area contributed by atoms with E-state index in [1.54, 1.807) is 12.1 Å². The van der Waals surface area contributed by atoms with Crippen LogP contribution in [0.5, 0.6) is 0 Å². The fraction of sp³-hybridized carbons (Fsp3) is 0.571. The van der Waals surface area contributed by atoms with Crippen LogP contribution in [0, 0.1) is 0 Å². The van der Waals surface area contributed by atoms with Crippen LogP contribution in [0.15, 0.2) is 18.2 Å². The van der Waals surface area contributed by atoms with Crippen molar-refractivity contribution < 1.29 is 13.2 Å². The van der Waals surface area contributed by atoms with Crippen molar-refractivity contribution in [1.82, 2.24) is 10.2 Å². The number of hydrogen-bond acceptors (Lipinski definition) is 3. The molecule has 1 heterocycles. The van der Waals surface area contributed by atoms with Gasteiger partial charge in [-0.25, -0.2) is 0 Å². The Kier molecular flexibility index (Phi) is 5.01. The molecule has 21 heavy (non-hydrogen) atoms. The molecule has 2 rings (SSSR count). The Hall–Kier alpha value is -0.980. The molecule has 1 N–H and O–H groups in total. The van der Waals surface area contributed by atoms with Crippen LogP contribution in [-0.4, -0.2) is 51.4 Å². The maximum atomic E-state index is 13.5. The average molecular weight is 322 g/mol. The minimum absolute atomic E-state index is 0.122. The third-order valence-electron chi connectivity index (χ3n) is 3.62. The van der Waals surface area contributed by atoms with E-state index in [0.29, 0.717) is 26.2 Å². The normalized spacial score (nSPS) is 18.6. The van der Waals surface area contributed by atoms with Crippen molar-refractivity contribution in [2.75, 3.05) is 45.2 Å². The van der Waals surface area contributed by atoms with Crippen molar-refractivity contribution >= 4 is 17.3 Å². The second-order valence-corrected chi connectivity index (χ2v) is 5.74. The van der Waals surface area contributed by atoms with Gasteiger partial charge in [0.05, 0.1) is 0 Å². The number of hydrogen-bond donors (Lipinski definition) is 1. The second kappa shape index (κ2) is 6.42. The molecule has 1 aliphatic heterocycles. The van der Waals surface area contributed by atoms with Gasteiger partial charge < -0.3 is 10.2 Å². The van der Waals surface area contributed by atoms with Gasteiger partial charge in [0.1, 0.15) is 6.04 Å². The van der Waals surface area contributed by atoms with Crippen LogP contribution < -0.4 is 10.2 Å². The lowest BCUT2D eigenvalue weighted by Gasteiger charge is -2.36. The third-order valence-corrected chi connectivity index (χ3v) is 3.95. The summed E-state index contributed by atoms with van der Waals surface area (Å²) in [5.41, 5.74) is 0.904. The van der Waals surface area contributed by atoms with E-state index in [1.807, 2.05) is 19.0 Å². The summed E-state index contributed by atoms with van der Waals surface area (Å²) in [6, 6.07) is 3.08. The molecule has 0 bridgehead atoms. The van der Waals surface area contributed by atoms with Crippen LogP contribution in [0.1, 0.15) is 11.6 Å². The zero-order valence-electron chi connectivity index (χ0n) is 12.0. The highest BCUT2D eigenvalue weighted by Crippen LogP contribution is 2.41. The molecular weight excluding hydrogens is 303 g/mol. The first-order valence-electron chi connectivity index (χ1n) is 6.79. The van der Waals surface area contributed by atoms with E-state index in [-0.39, 0.29) is 10.6 Å². The summed E-state index contributed by atoms with van der Waals surface area (Å²) in [6.45, 7) is 1.83. The lowest BCUT2D eigenvalue weighted by Crippen LogP contribution is -2.49. The standard InChI is InChI=1S/C14H19ClF3N3/c1-20(2)10-3-4-11(12(15)9-10)13(14(16,17)18)21-7-5-19-6-8-21/h3-4,9,13,19H,5-8H2,1-2H3/t13-/m0/s1. The number of anilines is 1. The Balaban J connectivity index is 2.37. The minimum atomic E-state index is -4.35. The van der Waals surface area contributed by atoms with Gasteiger partial charge in [-0.15, -0.1) is 0 Å². The molecule has 1 fully saturated rings. The first-order chi connectivity index (χ1) is 9.80. The van der Waals surface area contributed by atoms with Crippen LogP contribution in [0.25, 0.3) is 0 Å². The Morgan fingerprint density at radius 3 is 2.33 bits per heavy atom. The van der Waals surface area contributed by atoms with Crippen molar-refractivity contribution in [3.63, 3.8) is 0 Å². The average Bonchev–Trinajstić information content (AvgIpc) is 2.40. The van der Waals surface area contributed by atoms with Gasteiger partial charge in [-0.2, -0.15) is 13.2 Å². The first kappa shape index (κ1) is 16.4. The molecular formula is C14H19ClF3N3. The molecule has 0 saturated carbocycles. The van der Waals surface area contributed by atoms with E-state index in [1.165, 1.54) is 11.0 Å². The Bertz CT molecular complexity index is 485. The fourth-order valence-electron chi connectivity index (χ4n) is 2.54. The molecule has 7 heteroatoms. The molecule has 1 atom stereocenters. The topological polar surface area (TPSA) is 18.5 Å². The highest BCUT2D eigenvalue weighted by Gasteiger charge is 2.45. The minimum Gasteiger partial charge on any atom is -0.378 e. The summed E-state index contributed by atoms with van der Waals surface area (Å²) in [5.74, 6) is 0. The van der Waals surface area contributed by atoms with Crippen molar-refractivity contribution in [2.24, 2.45) is 0 Å². The van der Waals surface area contributed by atoms with E-state index in [0.717, 1.165) is 5.69 Å². The molecule has 3 nitrogen and oxygen atoms in total. The summed E-state index contributed by atoms with van der Waals surface area (Å²) in [4.78, 5) is 3.25. The van der Waals surface area contributed by atoms with Crippen molar-refractivity contribution in [2.45, 2.75) is 12.2 Å². The predicted molar refractivity (Wildman–Crippen MR) is 79.0 cm³/mol. The van der Waals surface area contributed by atoms with E-state index < -0.39 is 12.2 Å². The number of rotatable bonds is 3. The maximum absolute atomic E-state index is 13.5. The summed E-state index contributed by atoms with van der Waals surface area (Å²) in [6.07, 6.45) is -4.35. The van der Waals surface area contributed by atoms with Crippen LogP contribution in [0.4, 0.5) is 18.9 Å². The summed E-state index contributed by atoms with van der Waals surface area (Å²) < 4.78 is 40.5. The quantitative estimate of drug-likeness (QED) is 0.923. The molecule has 1 aromatic rings. The molecule has 0 spiro atoms. The summed E-state index contributed by atoms with van der Waals surface area (Å²) in [7, 11) is 3.64. The lowest BCUT2D eigenvalue weighted by atomic mass is 10.0. The van der Waals surface area contributed by atoms with Gasteiger partial charge in [0.2, 0.25) is 0 Å². The summed E-state index contributed by atoms with van der Waals surface area (Å²) >= 11 is 6.12. The molecule has 118 valence electrons. The number of alkyl halides is 3. The van der Waals surface area contributed by atoms with Gasteiger partial charge in [0.25, 0.3) is 0 Å². The Morgan fingerprint density at radius 1 is 1.24 bits per heavy atom. The van der Waals surface area contributed by atoms with Crippen LogP contribution in [0.3, 0.4) is 0 Å². The molecule has 0 unspecified atom stereocenters. The van der Waals surface area contributed by atoms with E-state index in [9.17, 15) is 13.2 Å². The monoisotopic (exact) mass is 321 g/mol. The van der Waals surface area contributed by atoms with E-state index in [2.05, 4.69) is 5.32 Å². The molecule has 1 aromatic carbocycles. The fourth-order valence-corrected chi connectivity index (χ4v) is 2.81. The molecule has 1 saturated heterocycles. The number of piperazine rings is 1. The molecule has 1 aliphatic rings. The number of nitrogens with one attached hydrogen (secondary N) is 1. The zero-order chi connectivity index (χ0) is 15.6.